The Labute approximate surface area is 174 Å². The highest BCUT2D eigenvalue weighted by molar-refractivity contribution is 5.81. The van der Waals surface area contributed by atoms with Gasteiger partial charge in [0.2, 0.25) is 0 Å². The number of hydrogen-bond donors (Lipinski definition) is 1. The maximum absolute atomic E-state index is 14.2. The highest BCUT2D eigenvalue weighted by atomic mass is 19.4. The van der Waals surface area contributed by atoms with Crippen LogP contribution in [0, 0.1) is 5.82 Å². The van der Waals surface area contributed by atoms with Crippen molar-refractivity contribution in [2.75, 3.05) is 0 Å². The number of aliphatic hydroxyl groups is 1. The van der Waals surface area contributed by atoms with Gasteiger partial charge in [0, 0.05) is 24.7 Å². The number of hydrogen-bond acceptors (Lipinski definition) is 1. The molecule has 1 N–H and O–H groups in total. The van der Waals surface area contributed by atoms with Crippen molar-refractivity contribution in [2.45, 2.75) is 57.2 Å². The van der Waals surface area contributed by atoms with E-state index in [0.29, 0.717) is 17.7 Å². The Balaban J connectivity index is 2.03. The van der Waals surface area contributed by atoms with Crippen LogP contribution in [0.5, 0.6) is 0 Å². The molecule has 0 saturated heterocycles. The summed E-state index contributed by atoms with van der Waals surface area (Å²) in [4.78, 5) is 0. The molecule has 6 heteroatoms. The molecule has 30 heavy (non-hydrogen) atoms. The summed E-state index contributed by atoms with van der Waals surface area (Å²) in [5.74, 6) is -0.500. The number of alkyl halides is 3. The summed E-state index contributed by atoms with van der Waals surface area (Å²) < 4.78 is 58.0. The fourth-order valence-corrected chi connectivity index (χ4v) is 4.39. The van der Waals surface area contributed by atoms with Crippen molar-refractivity contribution in [3.05, 3.63) is 71.2 Å². The number of para-hydroxylation sites is 1. The minimum absolute atomic E-state index is 0.391. The number of aromatic nitrogens is 1. The molecule has 1 unspecified atom stereocenters. The van der Waals surface area contributed by atoms with Gasteiger partial charge < -0.3 is 9.67 Å². The van der Waals surface area contributed by atoms with Crippen molar-refractivity contribution in [1.29, 1.82) is 0 Å². The molecule has 1 heterocycles. The van der Waals surface area contributed by atoms with E-state index in [1.54, 1.807) is 37.6 Å². The van der Waals surface area contributed by atoms with Crippen LogP contribution in [0.15, 0.2) is 48.5 Å². The first-order valence-corrected chi connectivity index (χ1v) is 9.99. The highest BCUT2D eigenvalue weighted by Gasteiger charge is 2.56. The predicted octanol–water partition coefficient (Wildman–Crippen LogP) is 6.08. The maximum atomic E-state index is 14.2. The van der Waals surface area contributed by atoms with E-state index in [2.05, 4.69) is 0 Å². The lowest BCUT2D eigenvalue weighted by molar-refractivity contribution is -0.266. The quantitative estimate of drug-likeness (QED) is 0.479. The molecule has 0 radical (unpaired) electrons. The number of fused-ring (bicyclic) bond motifs is 1. The molecule has 1 aromatic heterocycles. The van der Waals surface area contributed by atoms with E-state index in [4.69, 9.17) is 0 Å². The van der Waals surface area contributed by atoms with Crippen molar-refractivity contribution in [2.24, 2.45) is 7.05 Å². The van der Waals surface area contributed by atoms with Gasteiger partial charge in [0.05, 0.1) is 0 Å². The number of halogens is 4. The van der Waals surface area contributed by atoms with Crippen molar-refractivity contribution < 1.29 is 22.7 Å². The van der Waals surface area contributed by atoms with Gasteiger partial charge in [-0.1, -0.05) is 45.0 Å². The summed E-state index contributed by atoms with van der Waals surface area (Å²) in [5.41, 5.74) is -1.60. The average molecular weight is 421 g/mol. The fourth-order valence-electron chi connectivity index (χ4n) is 4.39. The minimum Gasteiger partial charge on any atom is -0.380 e. The van der Waals surface area contributed by atoms with Gasteiger partial charge >= 0.3 is 6.18 Å². The topological polar surface area (TPSA) is 25.2 Å². The summed E-state index contributed by atoms with van der Waals surface area (Å²) in [6, 6.07) is 13.2. The van der Waals surface area contributed by atoms with Crippen LogP contribution in [0.1, 0.15) is 44.0 Å². The van der Waals surface area contributed by atoms with Gasteiger partial charge in [-0.3, -0.25) is 0 Å². The molecular weight excluding hydrogens is 394 g/mol. The second kappa shape index (κ2) is 7.73. The summed E-state index contributed by atoms with van der Waals surface area (Å²) in [6.07, 6.45) is -5.45. The lowest BCUT2D eigenvalue weighted by Crippen LogP contribution is -2.51. The van der Waals surface area contributed by atoms with E-state index in [0.717, 1.165) is 16.5 Å². The lowest BCUT2D eigenvalue weighted by Gasteiger charge is -2.39. The highest BCUT2D eigenvalue weighted by Crippen LogP contribution is 2.44. The van der Waals surface area contributed by atoms with Gasteiger partial charge in [-0.05, 0) is 59.0 Å². The van der Waals surface area contributed by atoms with Crippen LogP contribution in [0.2, 0.25) is 0 Å². The van der Waals surface area contributed by atoms with Crippen LogP contribution < -0.4 is 0 Å². The van der Waals surface area contributed by atoms with Crippen LogP contribution in [-0.2, 0) is 25.3 Å². The molecule has 0 amide bonds. The Morgan fingerprint density at radius 2 is 1.67 bits per heavy atom. The third-order valence-corrected chi connectivity index (χ3v) is 5.97. The SMILES string of the molecule is CCc1ccc(F)cc1C(C)(C)CC(O)(Cc1cc2ccccc2n1C)C(F)(F)F. The largest absolute Gasteiger partial charge is 0.417 e. The molecule has 0 spiro atoms. The Morgan fingerprint density at radius 1 is 1.00 bits per heavy atom. The average Bonchev–Trinajstić information content (AvgIpc) is 2.96. The van der Waals surface area contributed by atoms with Gasteiger partial charge in [-0.25, -0.2) is 4.39 Å². The van der Waals surface area contributed by atoms with Crippen molar-refractivity contribution in [3.63, 3.8) is 0 Å². The summed E-state index contributed by atoms with van der Waals surface area (Å²) in [6.45, 7) is 5.12. The molecular formula is C24H27F4NO. The van der Waals surface area contributed by atoms with Crippen molar-refractivity contribution in [1.82, 2.24) is 4.57 Å². The predicted molar refractivity (Wildman–Crippen MR) is 111 cm³/mol. The Hall–Kier alpha value is -2.34. The van der Waals surface area contributed by atoms with Gasteiger partial charge in [0.15, 0.2) is 5.60 Å². The molecule has 0 aliphatic rings. The molecule has 2 nitrogen and oxygen atoms in total. The third kappa shape index (κ3) is 4.10. The van der Waals surface area contributed by atoms with E-state index < -0.39 is 35.9 Å². The summed E-state index contributed by atoms with van der Waals surface area (Å²) in [7, 11) is 1.70. The first kappa shape index (κ1) is 22.3. The molecule has 3 aromatic rings. The first-order chi connectivity index (χ1) is 13.9. The third-order valence-electron chi connectivity index (χ3n) is 5.97. The molecule has 0 bridgehead atoms. The Morgan fingerprint density at radius 3 is 2.27 bits per heavy atom. The molecule has 0 saturated carbocycles. The van der Waals surface area contributed by atoms with E-state index in [1.165, 1.54) is 12.1 Å². The van der Waals surface area contributed by atoms with Crippen LogP contribution >= 0.6 is 0 Å². The zero-order valence-electron chi connectivity index (χ0n) is 17.6. The molecule has 2 aromatic carbocycles. The molecule has 0 fully saturated rings. The zero-order chi connectivity index (χ0) is 22.3. The Kier molecular flexibility index (Phi) is 5.76. The zero-order valence-corrected chi connectivity index (χ0v) is 17.6. The van der Waals surface area contributed by atoms with E-state index in [-0.39, 0.29) is 0 Å². The van der Waals surface area contributed by atoms with Crippen molar-refractivity contribution >= 4 is 10.9 Å². The van der Waals surface area contributed by atoms with Crippen molar-refractivity contribution in [3.8, 4) is 0 Å². The number of aryl methyl sites for hydroxylation is 2. The lowest BCUT2D eigenvalue weighted by atomic mass is 9.72. The Bertz CT molecular complexity index is 1050. The molecule has 162 valence electrons. The first-order valence-electron chi connectivity index (χ1n) is 9.99. The normalized spacial score (nSPS) is 14.8. The second-order valence-corrected chi connectivity index (χ2v) is 8.68. The molecule has 0 aliphatic carbocycles. The van der Waals surface area contributed by atoms with E-state index in [1.807, 2.05) is 31.2 Å². The summed E-state index contributed by atoms with van der Waals surface area (Å²) in [5, 5.41) is 11.8. The molecule has 1 atom stereocenters. The van der Waals surface area contributed by atoms with Crippen LogP contribution in [0.4, 0.5) is 17.6 Å². The smallest absolute Gasteiger partial charge is 0.380 e. The van der Waals surface area contributed by atoms with Gasteiger partial charge in [0.1, 0.15) is 5.82 Å². The van der Waals surface area contributed by atoms with Crippen LogP contribution in [0.25, 0.3) is 10.9 Å². The molecule has 3 rings (SSSR count). The molecule has 0 aliphatic heterocycles. The number of benzene rings is 2. The van der Waals surface area contributed by atoms with Gasteiger partial charge in [-0.2, -0.15) is 13.2 Å². The summed E-state index contributed by atoms with van der Waals surface area (Å²) >= 11 is 0. The van der Waals surface area contributed by atoms with Gasteiger partial charge in [0.25, 0.3) is 0 Å². The van der Waals surface area contributed by atoms with Crippen LogP contribution in [-0.4, -0.2) is 21.5 Å². The van der Waals surface area contributed by atoms with Crippen LogP contribution in [0.3, 0.4) is 0 Å². The number of nitrogens with zero attached hydrogens (tertiary/aromatic N) is 1. The minimum atomic E-state index is -4.85. The maximum Gasteiger partial charge on any atom is 0.417 e. The number of rotatable bonds is 6. The van der Waals surface area contributed by atoms with Gasteiger partial charge in [-0.15, -0.1) is 0 Å². The van der Waals surface area contributed by atoms with E-state index >= 15 is 0 Å². The fraction of sp³-hybridized carbons (Fsp3) is 0.417. The van der Waals surface area contributed by atoms with E-state index in [9.17, 15) is 22.7 Å². The standard InChI is InChI=1S/C24H27F4NO/c1-5-16-10-11-18(25)13-20(16)22(2,3)15-23(30,24(26,27)28)14-19-12-17-8-6-7-9-21(17)29(19)4/h6-13,30H,5,14-15H2,1-4H3. The monoisotopic (exact) mass is 421 g/mol. The second-order valence-electron chi connectivity index (χ2n) is 8.68.